The second kappa shape index (κ2) is 7.41. The third-order valence-electron chi connectivity index (χ3n) is 4.00. The Morgan fingerprint density at radius 2 is 2.00 bits per heavy atom. The molecule has 1 N–H and O–H groups in total. The molecule has 0 bridgehead atoms. The zero-order chi connectivity index (χ0) is 16.2. The van der Waals surface area contributed by atoms with Crippen molar-refractivity contribution in [2.24, 2.45) is 0 Å². The quantitative estimate of drug-likeness (QED) is 0.768. The maximum absolute atomic E-state index is 12.2. The standard InChI is InChI=1S/C17H19NO4Se/c19-14(3-4-18-5-7-22-8-6-18)10-12-1-2-15-13(9-12)11-16(23-15)17(20)21/h1-2,9,11H,3-8,10H2,(H,20,21). The van der Waals surface area contributed by atoms with Crippen molar-refractivity contribution in [2.75, 3.05) is 32.8 Å². The van der Waals surface area contributed by atoms with Crippen LogP contribution in [0.15, 0.2) is 24.3 Å². The van der Waals surface area contributed by atoms with Gasteiger partial charge in [0.15, 0.2) is 0 Å². The van der Waals surface area contributed by atoms with Gasteiger partial charge in [0.2, 0.25) is 0 Å². The first kappa shape index (κ1) is 16.4. The van der Waals surface area contributed by atoms with Crippen LogP contribution in [0.4, 0.5) is 0 Å². The third kappa shape index (κ3) is 4.30. The van der Waals surface area contributed by atoms with Gasteiger partial charge in [-0.05, 0) is 0 Å². The summed E-state index contributed by atoms with van der Waals surface area (Å²) in [6, 6.07) is 7.61. The number of rotatable bonds is 6. The summed E-state index contributed by atoms with van der Waals surface area (Å²) in [6.07, 6.45) is 0.970. The van der Waals surface area contributed by atoms with Crippen LogP contribution in [0.25, 0.3) is 9.65 Å². The Morgan fingerprint density at radius 1 is 1.22 bits per heavy atom. The fraction of sp³-hybridized carbons (Fsp3) is 0.412. The van der Waals surface area contributed by atoms with Gasteiger partial charge in [-0.25, -0.2) is 0 Å². The van der Waals surface area contributed by atoms with Crippen LogP contribution in [-0.4, -0.2) is 69.1 Å². The second-order valence-electron chi connectivity index (χ2n) is 5.71. The summed E-state index contributed by atoms with van der Waals surface area (Å²) in [4.78, 5) is 25.5. The molecular weight excluding hydrogens is 361 g/mol. The Morgan fingerprint density at radius 3 is 2.74 bits per heavy atom. The van der Waals surface area contributed by atoms with Crippen molar-refractivity contribution in [3.63, 3.8) is 0 Å². The first-order valence-electron chi connectivity index (χ1n) is 7.69. The predicted octanol–water partition coefficient (Wildman–Crippen LogP) is 1.43. The van der Waals surface area contributed by atoms with Crippen molar-refractivity contribution in [1.29, 1.82) is 0 Å². The van der Waals surface area contributed by atoms with E-state index >= 15 is 0 Å². The molecule has 2 heterocycles. The topological polar surface area (TPSA) is 66.8 Å². The van der Waals surface area contributed by atoms with Crippen molar-refractivity contribution in [1.82, 2.24) is 4.90 Å². The molecule has 0 radical (unpaired) electrons. The average molecular weight is 380 g/mol. The molecule has 0 aliphatic carbocycles. The Balaban J connectivity index is 1.59. The minimum atomic E-state index is -0.843. The van der Waals surface area contributed by atoms with Gasteiger partial charge in [0.25, 0.3) is 0 Å². The minimum absolute atomic E-state index is 0.125. The summed E-state index contributed by atoms with van der Waals surface area (Å²) in [7, 11) is 0. The SMILES string of the molecule is O=C(CCN1CCOCC1)Cc1ccc2[se]c(C(=O)O)cc2c1. The maximum atomic E-state index is 12.2. The predicted molar refractivity (Wildman–Crippen MR) is 88.4 cm³/mol. The van der Waals surface area contributed by atoms with E-state index in [0.29, 0.717) is 17.3 Å². The number of fused-ring (bicyclic) bond motifs is 1. The average Bonchev–Trinajstić information content (AvgIpc) is 2.97. The number of hydrogen-bond donors (Lipinski definition) is 1. The fourth-order valence-corrected chi connectivity index (χ4v) is 4.58. The van der Waals surface area contributed by atoms with Crippen LogP contribution in [0.3, 0.4) is 0 Å². The number of carbonyl (C=O) groups is 2. The van der Waals surface area contributed by atoms with Crippen molar-refractivity contribution in [2.45, 2.75) is 12.8 Å². The Labute approximate surface area is 140 Å². The summed E-state index contributed by atoms with van der Waals surface area (Å²) < 4.78 is 6.86. The van der Waals surface area contributed by atoms with E-state index in [2.05, 4.69) is 4.90 Å². The van der Waals surface area contributed by atoms with E-state index in [4.69, 9.17) is 9.84 Å². The third-order valence-corrected chi connectivity index (χ3v) is 6.32. The van der Waals surface area contributed by atoms with E-state index in [1.807, 2.05) is 18.2 Å². The normalized spacial score (nSPS) is 15.8. The molecular formula is C17H19NO4Se. The Hall–Kier alpha value is -1.46. The first-order valence-corrected chi connectivity index (χ1v) is 9.41. The van der Waals surface area contributed by atoms with Gasteiger partial charge in [-0.1, -0.05) is 0 Å². The second-order valence-corrected chi connectivity index (χ2v) is 7.98. The van der Waals surface area contributed by atoms with Gasteiger partial charge in [-0.2, -0.15) is 0 Å². The molecule has 0 amide bonds. The molecule has 0 saturated carbocycles. The molecule has 1 saturated heterocycles. The summed E-state index contributed by atoms with van der Waals surface area (Å²) in [6.45, 7) is 4.09. The molecule has 23 heavy (non-hydrogen) atoms. The van der Waals surface area contributed by atoms with Gasteiger partial charge >= 0.3 is 140 Å². The number of nitrogens with zero attached hydrogens (tertiary/aromatic N) is 1. The van der Waals surface area contributed by atoms with E-state index in [1.165, 1.54) is 0 Å². The Bertz CT molecular complexity index is 718. The molecule has 6 heteroatoms. The van der Waals surface area contributed by atoms with Crippen LogP contribution >= 0.6 is 0 Å². The van der Waals surface area contributed by atoms with E-state index in [9.17, 15) is 9.59 Å². The molecule has 122 valence electrons. The van der Waals surface area contributed by atoms with Crippen molar-refractivity contribution >= 4 is 35.9 Å². The Kier molecular flexibility index (Phi) is 5.28. The molecule has 1 aromatic heterocycles. The summed E-state index contributed by atoms with van der Waals surface area (Å²) >= 11 is -0.125. The number of ether oxygens (including phenoxy) is 1. The van der Waals surface area contributed by atoms with Gasteiger partial charge in [0.05, 0.1) is 0 Å². The monoisotopic (exact) mass is 381 g/mol. The zero-order valence-electron chi connectivity index (χ0n) is 12.8. The van der Waals surface area contributed by atoms with Gasteiger partial charge in [-0.15, -0.1) is 0 Å². The van der Waals surface area contributed by atoms with E-state index in [1.54, 1.807) is 6.07 Å². The molecule has 3 rings (SSSR count). The molecule has 5 nitrogen and oxygen atoms in total. The van der Waals surface area contributed by atoms with Crippen LogP contribution in [0.5, 0.6) is 0 Å². The van der Waals surface area contributed by atoms with E-state index in [0.717, 1.165) is 48.1 Å². The molecule has 2 aromatic rings. The van der Waals surface area contributed by atoms with Gasteiger partial charge < -0.3 is 0 Å². The van der Waals surface area contributed by atoms with Crippen LogP contribution < -0.4 is 0 Å². The van der Waals surface area contributed by atoms with E-state index in [-0.39, 0.29) is 20.3 Å². The van der Waals surface area contributed by atoms with Crippen LogP contribution in [-0.2, 0) is 16.0 Å². The number of Topliss-reactive ketones (excluding diaryl/α,β-unsaturated/α-hetero) is 1. The van der Waals surface area contributed by atoms with Crippen LogP contribution in [0.2, 0.25) is 0 Å². The summed E-state index contributed by atoms with van der Waals surface area (Å²) in [5.41, 5.74) is 0.967. The number of carboxylic acids is 1. The van der Waals surface area contributed by atoms with E-state index < -0.39 is 5.97 Å². The fourth-order valence-electron chi connectivity index (χ4n) is 2.73. The number of aromatic carboxylic acids is 1. The number of hydrogen-bond acceptors (Lipinski definition) is 4. The molecule has 1 aliphatic rings. The van der Waals surface area contributed by atoms with Crippen LogP contribution in [0.1, 0.15) is 21.2 Å². The number of carboxylic acid groups (broad SMARTS) is 1. The molecule has 0 atom stereocenters. The van der Waals surface area contributed by atoms with Crippen molar-refractivity contribution < 1.29 is 19.4 Å². The van der Waals surface area contributed by atoms with Crippen molar-refractivity contribution in [3.05, 3.63) is 34.3 Å². The first-order chi connectivity index (χ1) is 11.1. The van der Waals surface area contributed by atoms with Crippen molar-refractivity contribution in [3.8, 4) is 0 Å². The molecule has 1 aliphatic heterocycles. The van der Waals surface area contributed by atoms with Gasteiger partial charge in [0.1, 0.15) is 0 Å². The molecule has 1 aromatic carbocycles. The van der Waals surface area contributed by atoms with Crippen LogP contribution in [0, 0.1) is 0 Å². The summed E-state index contributed by atoms with van der Waals surface area (Å²) in [5, 5.41) is 10.0. The number of benzene rings is 1. The summed E-state index contributed by atoms with van der Waals surface area (Å²) in [5.74, 6) is -0.619. The molecule has 0 spiro atoms. The molecule has 0 unspecified atom stereocenters. The number of carbonyl (C=O) groups excluding carboxylic acids is 1. The number of ketones is 1. The molecule has 1 fully saturated rings. The number of morpholine rings is 1. The zero-order valence-corrected chi connectivity index (χ0v) is 14.5. The van der Waals surface area contributed by atoms with Gasteiger partial charge in [0, 0.05) is 0 Å². The van der Waals surface area contributed by atoms with Gasteiger partial charge in [-0.3, -0.25) is 0 Å².